The summed E-state index contributed by atoms with van der Waals surface area (Å²) >= 11 is 0. The molecule has 0 amide bonds. The summed E-state index contributed by atoms with van der Waals surface area (Å²) in [5, 5.41) is 71.0. The van der Waals surface area contributed by atoms with Gasteiger partial charge in [0.1, 0.15) is 58.2 Å². The normalized spacial score (nSPS) is 21.0. The van der Waals surface area contributed by atoms with E-state index in [1.807, 2.05) is 41.5 Å². The maximum Gasteiger partial charge on any atom is 0.190 e. The molecule has 8 rings (SSSR count). The Morgan fingerprint density at radius 3 is 1.24 bits per heavy atom. The molecule has 2 heterocycles. The lowest BCUT2D eigenvalue weighted by Crippen LogP contribution is -2.28. The highest BCUT2D eigenvalue weighted by Gasteiger charge is 2.48. The number of rotatable bonds is 2. The summed E-state index contributed by atoms with van der Waals surface area (Å²) in [5.41, 5.74) is 0.514. The van der Waals surface area contributed by atoms with Crippen molar-refractivity contribution in [2.24, 2.45) is 0 Å². The average molecular weight is 665 g/mol. The molecule has 0 bridgehead atoms. The summed E-state index contributed by atoms with van der Waals surface area (Å²) in [6.07, 6.45) is 1.36. The van der Waals surface area contributed by atoms with Crippen molar-refractivity contribution in [1.29, 1.82) is 0 Å². The molecule has 2 aliphatic carbocycles. The van der Waals surface area contributed by atoms with Gasteiger partial charge in [-0.3, -0.25) is 9.59 Å². The molecule has 0 unspecified atom stereocenters. The molecule has 10 nitrogen and oxygen atoms in total. The maximum absolute atomic E-state index is 13.6. The predicted molar refractivity (Wildman–Crippen MR) is 183 cm³/mol. The fourth-order valence-corrected chi connectivity index (χ4v) is 8.37. The Morgan fingerprint density at radius 2 is 0.898 bits per heavy atom. The first-order valence-corrected chi connectivity index (χ1v) is 16.2. The summed E-state index contributed by atoms with van der Waals surface area (Å²) < 4.78 is 12.4. The summed E-state index contributed by atoms with van der Waals surface area (Å²) in [6, 6.07) is 0. The molecule has 10 heteroatoms. The molecule has 0 saturated heterocycles. The van der Waals surface area contributed by atoms with Crippen molar-refractivity contribution in [2.75, 3.05) is 0 Å². The molecule has 0 saturated carbocycles. The predicted octanol–water partition coefficient (Wildman–Crippen LogP) is 7.13. The third-order valence-corrected chi connectivity index (χ3v) is 11.7. The van der Waals surface area contributed by atoms with Crippen molar-refractivity contribution < 1.29 is 49.7 Å². The van der Waals surface area contributed by atoms with Crippen LogP contribution >= 0.6 is 0 Å². The smallest absolute Gasteiger partial charge is 0.190 e. The first-order valence-electron chi connectivity index (χ1n) is 16.2. The molecular weight excluding hydrogens is 628 g/mol. The second-order valence-electron chi connectivity index (χ2n) is 15.0. The maximum atomic E-state index is 13.6. The highest BCUT2D eigenvalue weighted by molar-refractivity contribution is 6.28. The first-order chi connectivity index (χ1) is 22.8. The van der Waals surface area contributed by atoms with E-state index in [2.05, 4.69) is 0 Å². The second kappa shape index (κ2) is 9.19. The number of benzene rings is 4. The molecule has 0 radical (unpaired) electrons. The van der Waals surface area contributed by atoms with Crippen LogP contribution in [0.4, 0.5) is 0 Å². The van der Waals surface area contributed by atoms with Crippen LogP contribution in [-0.4, -0.2) is 54.4 Å². The van der Waals surface area contributed by atoms with Crippen LogP contribution in [-0.2, 0) is 17.3 Å². The van der Waals surface area contributed by atoms with Crippen molar-refractivity contribution in [3.05, 3.63) is 56.7 Å². The highest BCUT2D eigenvalue weighted by Crippen LogP contribution is 2.62. The third kappa shape index (κ3) is 3.46. The standard InChI is InChI=1S/C39H36O10/c1-12-9-18(40)22-24-20(12)36-28(38(5,6)14(3)48-36)34(46)26(24)32(44)16(30(22)42)11-17-31(43)23-19(41)10-13(2)21-25(23)27(33(17)45)35(47)29-37(21)49-15(4)39(29,7)8/h9-10,14-15,42-47H,11H2,1-8H3/t14-,15-/m0/s1. The molecule has 49 heavy (non-hydrogen) atoms. The van der Waals surface area contributed by atoms with E-state index in [0.29, 0.717) is 44.9 Å². The molecule has 2 aliphatic heterocycles. The number of ether oxygens (including phenoxy) is 2. The highest BCUT2D eigenvalue weighted by atomic mass is 16.5. The minimum atomic E-state index is -0.704. The molecule has 4 aromatic rings. The van der Waals surface area contributed by atoms with E-state index < -0.39 is 51.8 Å². The number of ketones is 2. The van der Waals surface area contributed by atoms with E-state index >= 15 is 0 Å². The number of aromatic hydroxyl groups is 6. The van der Waals surface area contributed by atoms with E-state index in [4.69, 9.17) is 9.47 Å². The Labute approximate surface area is 281 Å². The third-order valence-electron chi connectivity index (χ3n) is 11.7. The van der Waals surface area contributed by atoms with Crippen LogP contribution in [0.15, 0.2) is 12.2 Å². The number of fused-ring (bicyclic) bond motifs is 4. The van der Waals surface area contributed by atoms with E-state index in [1.54, 1.807) is 13.8 Å². The van der Waals surface area contributed by atoms with Crippen molar-refractivity contribution in [3.63, 3.8) is 0 Å². The summed E-state index contributed by atoms with van der Waals surface area (Å²) in [4.78, 5) is 27.1. The van der Waals surface area contributed by atoms with Crippen molar-refractivity contribution in [3.8, 4) is 46.0 Å². The molecule has 0 aromatic heterocycles. The Hall–Kier alpha value is -5.38. The van der Waals surface area contributed by atoms with Crippen molar-refractivity contribution >= 4 is 44.3 Å². The van der Waals surface area contributed by atoms with Crippen LogP contribution in [0.5, 0.6) is 46.0 Å². The quantitative estimate of drug-likeness (QED) is 0.129. The number of hydrogen-bond donors (Lipinski definition) is 6. The van der Waals surface area contributed by atoms with Crippen LogP contribution in [0.1, 0.15) is 109 Å². The lowest BCUT2D eigenvalue weighted by Gasteiger charge is -2.27. The SMILES string of the molecule is CC1=CC(=O)c2c(O)c(Cc3c(O)c4c5c(c6c(c(O)c5c3O)C(C)(C)[C@H](C)O6)C(C)=CC4=O)c(O)c3c(O)c4c(c1c23)O[C@@H](C)C4(C)C. The Morgan fingerprint density at radius 1 is 0.551 bits per heavy atom. The van der Waals surface area contributed by atoms with Gasteiger partial charge in [-0.15, -0.1) is 0 Å². The summed E-state index contributed by atoms with van der Waals surface area (Å²) in [6.45, 7) is 14.7. The van der Waals surface area contributed by atoms with Gasteiger partial charge in [0.2, 0.25) is 0 Å². The van der Waals surface area contributed by atoms with Crippen molar-refractivity contribution in [2.45, 2.75) is 84.8 Å². The lowest BCUT2D eigenvalue weighted by atomic mass is 9.75. The molecule has 4 aromatic carbocycles. The lowest BCUT2D eigenvalue weighted by molar-refractivity contribution is 0.103. The van der Waals surface area contributed by atoms with Gasteiger partial charge in [-0.1, -0.05) is 27.7 Å². The van der Waals surface area contributed by atoms with E-state index in [9.17, 15) is 40.2 Å². The molecule has 4 aliphatic rings. The van der Waals surface area contributed by atoms with Gasteiger partial charge in [-0.25, -0.2) is 0 Å². The van der Waals surface area contributed by atoms with Gasteiger partial charge in [0.15, 0.2) is 11.6 Å². The number of carbonyl (C=O) groups excluding carboxylic acids is 2. The fraction of sp³-hybridized carbons (Fsp3) is 0.333. The van der Waals surface area contributed by atoms with Gasteiger partial charge in [-0.2, -0.15) is 0 Å². The first kappa shape index (κ1) is 30.9. The van der Waals surface area contributed by atoms with Gasteiger partial charge in [0.05, 0.1) is 21.9 Å². The van der Waals surface area contributed by atoms with Gasteiger partial charge in [0, 0.05) is 61.4 Å². The molecule has 0 spiro atoms. The Kier molecular flexibility index (Phi) is 5.80. The van der Waals surface area contributed by atoms with Gasteiger partial charge in [-0.05, 0) is 51.0 Å². The van der Waals surface area contributed by atoms with Crippen LogP contribution in [0, 0.1) is 0 Å². The zero-order chi connectivity index (χ0) is 35.5. The topological polar surface area (TPSA) is 174 Å². The van der Waals surface area contributed by atoms with E-state index in [1.165, 1.54) is 12.2 Å². The molecule has 252 valence electrons. The number of phenols is 6. The Balaban J connectivity index is 1.47. The van der Waals surface area contributed by atoms with Crippen LogP contribution < -0.4 is 9.47 Å². The zero-order valence-corrected chi connectivity index (χ0v) is 28.3. The largest absolute Gasteiger partial charge is 0.507 e. The summed E-state index contributed by atoms with van der Waals surface area (Å²) in [5.74, 6) is -3.47. The van der Waals surface area contributed by atoms with E-state index in [0.717, 1.165) is 0 Å². The Bertz CT molecular complexity index is 2240. The number of hydrogen-bond acceptors (Lipinski definition) is 10. The molecular formula is C39H36O10. The monoisotopic (exact) mass is 664 g/mol. The van der Waals surface area contributed by atoms with E-state index in [-0.39, 0.29) is 67.5 Å². The molecule has 0 fully saturated rings. The number of carbonyl (C=O) groups is 2. The van der Waals surface area contributed by atoms with Gasteiger partial charge < -0.3 is 40.1 Å². The van der Waals surface area contributed by atoms with Crippen LogP contribution in [0.25, 0.3) is 32.7 Å². The zero-order valence-electron chi connectivity index (χ0n) is 28.3. The number of allylic oxidation sites excluding steroid dienone is 4. The molecule has 6 N–H and O–H groups in total. The minimum absolute atomic E-state index is 0.0882. The number of phenolic OH excluding ortho intramolecular Hbond substituents is 6. The van der Waals surface area contributed by atoms with Gasteiger partial charge in [0.25, 0.3) is 0 Å². The minimum Gasteiger partial charge on any atom is -0.507 e. The van der Waals surface area contributed by atoms with Crippen molar-refractivity contribution in [1.82, 2.24) is 0 Å². The average Bonchev–Trinajstić information content (AvgIpc) is 3.37. The fourth-order valence-electron chi connectivity index (χ4n) is 8.37. The summed E-state index contributed by atoms with van der Waals surface area (Å²) in [7, 11) is 0. The van der Waals surface area contributed by atoms with Crippen LogP contribution in [0.2, 0.25) is 0 Å². The molecule has 2 atom stereocenters. The second-order valence-corrected chi connectivity index (χ2v) is 15.0. The van der Waals surface area contributed by atoms with Gasteiger partial charge >= 0.3 is 0 Å². The van der Waals surface area contributed by atoms with Crippen LogP contribution in [0.3, 0.4) is 0 Å².